The summed E-state index contributed by atoms with van der Waals surface area (Å²) in [4.78, 5) is 12.5. The lowest BCUT2D eigenvalue weighted by Crippen LogP contribution is -2.48. The molecule has 28 heavy (non-hydrogen) atoms. The Hall–Kier alpha value is -2.78. The molecular formula is C19H23N3O5S. The quantitative estimate of drug-likeness (QED) is 0.749. The van der Waals surface area contributed by atoms with Crippen LogP contribution >= 0.6 is 0 Å². The van der Waals surface area contributed by atoms with Crippen LogP contribution in [0.2, 0.25) is 0 Å². The van der Waals surface area contributed by atoms with E-state index in [9.17, 15) is 13.2 Å². The first-order valence-electron chi connectivity index (χ1n) is 8.78. The summed E-state index contributed by atoms with van der Waals surface area (Å²) in [5.74, 6) is 0.850. The van der Waals surface area contributed by atoms with Gasteiger partial charge in [-0.3, -0.25) is 4.79 Å². The van der Waals surface area contributed by atoms with Gasteiger partial charge in [-0.2, -0.15) is 12.7 Å². The van der Waals surface area contributed by atoms with Gasteiger partial charge in [-0.1, -0.05) is 30.3 Å². The number of carbonyl (C=O) groups is 1. The maximum absolute atomic E-state index is 12.6. The normalized spacial score (nSPS) is 15.9. The van der Waals surface area contributed by atoms with Gasteiger partial charge in [0.1, 0.15) is 19.3 Å². The van der Waals surface area contributed by atoms with Gasteiger partial charge in [0.2, 0.25) is 5.91 Å². The zero-order valence-corrected chi connectivity index (χ0v) is 16.6. The summed E-state index contributed by atoms with van der Waals surface area (Å²) >= 11 is 0. The molecule has 1 amide bonds. The smallest absolute Gasteiger partial charge is 0.304 e. The van der Waals surface area contributed by atoms with Gasteiger partial charge < -0.3 is 14.8 Å². The fourth-order valence-electron chi connectivity index (χ4n) is 2.68. The van der Waals surface area contributed by atoms with Crippen LogP contribution < -0.4 is 19.1 Å². The highest BCUT2D eigenvalue weighted by Gasteiger charge is 2.28. The van der Waals surface area contributed by atoms with Crippen LogP contribution in [0.1, 0.15) is 0 Å². The first kappa shape index (κ1) is 20.0. The first-order valence-corrected chi connectivity index (χ1v) is 10.2. The molecule has 8 nitrogen and oxygen atoms in total. The van der Waals surface area contributed by atoms with E-state index < -0.39 is 16.1 Å². The number of hydrogen-bond acceptors (Lipinski definition) is 5. The number of benzene rings is 2. The molecule has 2 aromatic rings. The Morgan fingerprint density at radius 1 is 1.07 bits per heavy atom. The Kier molecular flexibility index (Phi) is 6.05. The minimum atomic E-state index is -3.82. The molecule has 150 valence electrons. The van der Waals surface area contributed by atoms with Crippen LogP contribution in [0, 0.1) is 0 Å². The third-order valence-corrected chi connectivity index (χ3v) is 5.99. The van der Waals surface area contributed by atoms with E-state index in [1.54, 1.807) is 36.4 Å². The highest BCUT2D eigenvalue weighted by atomic mass is 32.2. The molecule has 9 heteroatoms. The van der Waals surface area contributed by atoms with Crippen molar-refractivity contribution in [3.05, 3.63) is 54.6 Å². The van der Waals surface area contributed by atoms with Crippen LogP contribution in [0.3, 0.4) is 0 Å². The lowest BCUT2D eigenvalue weighted by atomic mass is 10.2. The number of nitrogens with zero attached hydrogens (tertiary/aromatic N) is 2. The van der Waals surface area contributed by atoms with E-state index in [-0.39, 0.29) is 19.2 Å². The molecule has 0 unspecified atom stereocenters. The van der Waals surface area contributed by atoms with Crippen molar-refractivity contribution in [2.75, 3.05) is 38.1 Å². The number of fused-ring (bicyclic) bond motifs is 1. The van der Waals surface area contributed by atoms with Gasteiger partial charge in [-0.05, 0) is 24.3 Å². The van der Waals surface area contributed by atoms with E-state index in [2.05, 4.69) is 5.32 Å². The third-order valence-electron chi connectivity index (χ3n) is 4.17. The number of para-hydroxylation sites is 3. The number of nitrogens with one attached hydrogen (secondary N) is 1. The SMILES string of the molecule is CN(C)S(=O)(=O)N(CC(=O)NC[C@H]1COc2ccccc2O1)c1ccccc1. The monoisotopic (exact) mass is 405 g/mol. The van der Waals surface area contributed by atoms with Crippen molar-refractivity contribution in [1.82, 2.24) is 9.62 Å². The molecule has 0 fully saturated rings. The van der Waals surface area contributed by atoms with E-state index in [4.69, 9.17) is 9.47 Å². The van der Waals surface area contributed by atoms with Crippen molar-refractivity contribution < 1.29 is 22.7 Å². The van der Waals surface area contributed by atoms with Gasteiger partial charge >= 0.3 is 10.2 Å². The molecule has 0 spiro atoms. The molecule has 3 rings (SSSR count). The van der Waals surface area contributed by atoms with Crippen LogP contribution in [0.5, 0.6) is 11.5 Å². The van der Waals surface area contributed by atoms with Crippen LogP contribution in [0.4, 0.5) is 5.69 Å². The molecule has 0 aliphatic carbocycles. The number of rotatable bonds is 7. The second kappa shape index (κ2) is 8.49. The second-order valence-electron chi connectivity index (χ2n) is 6.43. The summed E-state index contributed by atoms with van der Waals surface area (Å²) in [6.45, 7) is 0.169. The standard InChI is InChI=1S/C19H23N3O5S/c1-21(2)28(24,25)22(15-8-4-3-5-9-15)13-19(23)20-12-16-14-26-17-10-6-7-11-18(17)27-16/h3-11,16H,12-14H2,1-2H3,(H,20,23)/t16-/m0/s1. The number of anilines is 1. The minimum absolute atomic E-state index is 0.206. The Morgan fingerprint density at radius 2 is 1.71 bits per heavy atom. The third kappa shape index (κ3) is 4.55. The van der Waals surface area contributed by atoms with E-state index in [1.165, 1.54) is 14.1 Å². The van der Waals surface area contributed by atoms with E-state index in [1.807, 2.05) is 18.2 Å². The summed E-state index contributed by atoms with van der Waals surface area (Å²) in [5, 5.41) is 2.73. The number of carbonyl (C=O) groups excluding carboxylic acids is 1. The molecule has 1 atom stereocenters. The average Bonchev–Trinajstić information content (AvgIpc) is 2.70. The number of ether oxygens (including phenoxy) is 2. The van der Waals surface area contributed by atoms with Gasteiger partial charge in [-0.15, -0.1) is 0 Å². The lowest BCUT2D eigenvalue weighted by molar-refractivity contribution is -0.120. The molecule has 0 bridgehead atoms. The van der Waals surface area contributed by atoms with Gasteiger partial charge in [-0.25, -0.2) is 4.31 Å². The van der Waals surface area contributed by atoms with Crippen molar-refractivity contribution in [1.29, 1.82) is 0 Å². The van der Waals surface area contributed by atoms with Crippen LogP contribution in [0.25, 0.3) is 0 Å². The van der Waals surface area contributed by atoms with Gasteiger partial charge in [0.25, 0.3) is 0 Å². The summed E-state index contributed by atoms with van der Waals surface area (Å²) in [6.07, 6.45) is -0.352. The Labute approximate surface area is 164 Å². The largest absolute Gasteiger partial charge is 0.486 e. The number of amides is 1. The van der Waals surface area contributed by atoms with Crippen LogP contribution in [-0.2, 0) is 15.0 Å². The molecule has 0 aromatic heterocycles. The Morgan fingerprint density at radius 3 is 2.39 bits per heavy atom. The van der Waals surface area contributed by atoms with Gasteiger partial charge in [0.15, 0.2) is 11.5 Å². The minimum Gasteiger partial charge on any atom is -0.486 e. The molecular weight excluding hydrogens is 382 g/mol. The topological polar surface area (TPSA) is 88.2 Å². The fourth-order valence-corrected chi connectivity index (χ4v) is 3.74. The summed E-state index contributed by atoms with van der Waals surface area (Å²) in [5.41, 5.74) is 0.414. The fraction of sp³-hybridized carbons (Fsp3) is 0.316. The zero-order valence-electron chi connectivity index (χ0n) is 15.7. The maximum atomic E-state index is 12.6. The lowest BCUT2D eigenvalue weighted by Gasteiger charge is -2.28. The highest BCUT2D eigenvalue weighted by molar-refractivity contribution is 7.90. The molecule has 1 aliphatic rings. The van der Waals surface area contributed by atoms with Crippen molar-refractivity contribution in [3.63, 3.8) is 0 Å². The van der Waals surface area contributed by atoms with Gasteiger partial charge in [0, 0.05) is 14.1 Å². The van der Waals surface area contributed by atoms with E-state index in [0.717, 1.165) is 8.61 Å². The van der Waals surface area contributed by atoms with Crippen molar-refractivity contribution in [2.24, 2.45) is 0 Å². The maximum Gasteiger partial charge on any atom is 0.304 e. The van der Waals surface area contributed by atoms with E-state index >= 15 is 0 Å². The molecule has 1 N–H and O–H groups in total. The number of hydrogen-bond donors (Lipinski definition) is 1. The molecule has 0 saturated heterocycles. The van der Waals surface area contributed by atoms with Crippen molar-refractivity contribution in [3.8, 4) is 11.5 Å². The van der Waals surface area contributed by atoms with E-state index in [0.29, 0.717) is 23.8 Å². The average molecular weight is 405 g/mol. The summed E-state index contributed by atoms with van der Waals surface area (Å²) < 4.78 is 38.8. The van der Waals surface area contributed by atoms with Crippen molar-refractivity contribution >= 4 is 21.8 Å². The predicted octanol–water partition coefficient (Wildman–Crippen LogP) is 1.26. The highest BCUT2D eigenvalue weighted by Crippen LogP contribution is 2.30. The molecule has 1 aliphatic heterocycles. The molecule has 1 heterocycles. The Balaban J connectivity index is 1.63. The van der Waals surface area contributed by atoms with Gasteiger partial charge in [0.05, 0.1) is 12.2 Å². The molecule has 2 aromatic carbocycles. The summed E-state index contributed by atoms with van der Waals surface area (Å²) in [7, 11) is -0.972. The first-order chi connectivity index (χ1) is 13.4. The molecule has 0 radical (unpaired) electrons. The van der Waals surface area contributed by atoms with Crippen LogP contribution in [0.15, 0.2) is 54.6 Å². The second-order valence-corrected chi connectivity index (χ2v) is 8.50. The van der Waals surface area contributed by atoms with Crippen molar-refractivity contribution in [2.45, 2.75) is 6.10 Å². The predicted molar refractivity (Wildman–Crippen MR) is 106 cm³/mol. The molecule has 0 saturated carbocycles. The summed E-state index contributed by atoms with van der Waals surface area (Å²) in [6, 6.07) is 15.8. The zero-order chi connectivity index (χ0) is 20.1. The van der Waals surface area contributed by atoms with Crippen LogP contribution in [-0.4, -0.2) is 58.5 Å². The Bertz CT molecular complexity index is 918.